The molecule has 0 amide bonds. The smallest absolute Gasteiger partial charge is 0.243 e. The van der Waals surface area contributed by atoms with Crippen molar-refractivity contribution in [1.29, 1.82) is 0 Å². The topological polar surface area (TPSA) is 58.6 Å². The van der Waals surface area contributed by atoms with E-state index in [-0.39, 0.29) is 18.4 Å². The van der Waals surface area contributed by atoms with E-state index in [1.54, 1.807) is 38.4 Å². The lowest BCUT2D eigenvalue weighted by Crippen LogP contribution is -2.38. The predicted molar refractivity (Wildman–Crippen MR) is 76.5 cm³/mol. The van der Waals surface area contributed by atoms with Crippen LogP contribution < -0.4 is 10.1 Å². The number of benzene rings is 1. The van der Waals surface area contributed by atoms with Crippen LogP contribution in [0.5, 0.6) is 5.75 Å². The number of halogens is 1. The molecule has 108 valence electrons. The second-order valence-corrected chi connectivity index (χ2v) is 6.34. The van der Waals surface area contributed by atoms with E-state index >= 15 is 0 Å². The predicted octanol–water partition coefficient (Wildman–Crippen LogP) is 1.10. The molecule has 19 heavy (non-hydrogen) atoms. The van der Waals surface area contributed by atoms with Crippen LogP contribution in [0.2, 0.25) is 0 Å². The normalized spacial score (nSPS) is 19.2. The summed E-state index contributed by atoms with van der Waals surface area (Å²) in [5.41, 5.74) is 0. The molecule has 0 spiro atoms. The van der Waals surface area contributed by atoms with Gasteiger partial charge >= 0.3 is 0 Å². The summed E-state index contributed by atoms with van der Waals surface area (Å²) in [6.07, 6.45) is 0.853. The van der Waals surface area contributed by atoms with Gasteiger partial charge in [0.2, 0.25) is 10.0 Å². The van der Waals surface area contributed by atoms with E-state index in [9.17, 15) is 8.42 Å². The van der Waals surface area contributed by atoms with Gasteiger partial charge in [-0.15, -0.1) is 12.4 Å². The Hall–Kier alpha value is -0.820. The van der Waals surface area contributed by atoms with E-state index in [0.29, 0.717) is 17.2 Å². The van der Waals surface area contributed by atoms with Crippen molar-refractivity contribution in [2.75, 3.05) is 27.2 Å². The molecule has 1 unspecified atom stereocenters. The van der Waals surface area contributed by atoms with Crippen LogP contribution in [-0.2, 0) is 10.0 Å². The number of nitrogens with zero attached hydrogens (tertiary/aromatic N) is 1. The lowest BCUT2D eigenvalue weighted by molar-refractivity contribution is 0.387. The minimum atomic E-state index is -3.41. The highest BCUT2D eigenvalue weighted by Gasteiger charge is 2.29. The van der Waals surface area contributed by atoms with Gasteiger partial charge in [-0.05, 0) is 37.2 Å². The number of sulfonamides is 1. The third kappa shape index (κ3) is 3.39. The largest absolute Gasteiger partial charge is 0.497 e. The molecule has 1 aliphatic heterocycles. The molecule has 2 rings (SSSR count). The molecule has 1 atom stereocenters. The van der Waals surface area contributed by atoms with Crippen molar-refractivity contribution in [3.05, 3.63) is 24.3 Å². The second-order valence-electron chi connectivity index (χ2n) is 4.34. The Kier molecular flexibility index (Phi) is 5.61. The van der Waals surface area contributed by atoms with Gasteiger partial charge in [0.15, 0.2) is 0 Å². The summed E-state index contributed by atoms with van der Waals surface area (Å²) in [6, 6.07) is 6.51. The first-order chi connectivity index (χ1) is 8.55. The number of hydrogen-bond donors (Lipinski definition) is 1. The average Bonchev–Trinajstić information content (AvgIpc) is 2.91. The average molecular weight is 307 g/mol. The molecule has 1 aromatic rings. The van der Waals surface area contributed by atoms with Crippen molar-refractivity contribution in [3.63, 3.8) is 0 Å². The van der Waals surface area contributed by atoms with Crippen LogP contribution in [0.25, 0.3) is 0 Å². The van der Waals surface area contributed by atoms with E-state index in [0.717, 1.165) is 13.0 Å². The van der Waals surface area contributed by atoms with Crippen LogP contribution in [-0.4, -0.2) is 46.0 Å². The molecule has 1 fully saturated rings. The number of rotatable bonds is 4. The molecule has 0 aliphatic carbocycles. The standard InChI is InChI=1S/C12H18N2O3S.ClH/c1-14(10-7-8-13-9-10)18(15,16)12-5-3-11(17-2)4-6-12;/h3-6,10,13H,7-9H2,1-2H3;1H. The van der Waals surface area contributed by atoms with Crippen LogP contribution >= 0.6 is 12.4 Å². The Bertz CT molecular complexity index is 498. The fourth-order valence-corrected chi connectivity index (χ4v) is 3.44. The molecule has 5 nitrogen and oxygen atoms in total. The summed E-state index contributed by atoms with van der Waals surface area (Å²) >= 11 is 0. The summed E-state index contributed by atoms with van der Waals surface area (Å²) in [5.74, 6) is 0.652. The van der Waals surface area contributed by atoms with E-state index in [1.807, 2.05) is 0 Å². The molecule has 1 aliphatic rings. The van der Waals surface area contributed by atoms with Crippen molar-refractivity contribution >= 4 is 22.4 Å². The number of ether oxygens (including phenoxy) is 1. The van der Waals surface area contributed by atoms with E-state index < -0.39 is 10.0 Å². The fourth-order valence-electron chi connectivity index (χ4n) is 2.06. The first kappa shape index (κ1) is 16.2. The highest BCUT2D eigenvalue weighted by Crippen LogP contribution is 2.21. The quantitative estimate of drug-likeness (QED) is 0.905. The molecule has 1 N–H and O–H groups in total. The van der Waals surface area contributed by atoms with Gasteiger partial charge in [0, 0.05) is 19.6 Å². The van der Waals surface area contributed by atoms with E-state index in [2.05, 4.69) is 5.32 Å². The zero-order valence-electron chi connectivity index (χ0n) is 11.0. The van der Waals surface area contributed by atoms with E-state index in [4.69, 9.17) is 4.74 Å². The third-order valence-electron chi connectivity index (χ3n) is 3.28. The highest BCUT2D eigenvalue weighted by atomic mass is 35.5. The third-order valence-corrected chi connectivity index (χ3v) is 5.21. The molecule has 0 radical (unpaired) electrons. The molecular formula is C12H19ClN2O3S. The Morgan fingerprint density at radius 2 is 1.95 bits per heavy atom. The minimum Gasteiger partial charge on any atom is -0.497 e. The maximum absolute atomic E-state index is 12.4. The zero-order valence-corrected chi connectivity index (χ0v) is 12.6. The lowest BCUT2D eigenvalue weighted by atomic mass is 10.3. The lowest BCUT2D eigenvalue weighted by Gasteiger charge is -2.23. The summed E-state index contributed by atoms with van der Waals surface area (Å²) in [5, 5.41) is 3.17. The fraction of sp³-hybridized carbons (Fsp3) is 0.500. The van der Waals surface area contributed by atoms with Gasteiger partial charge in [0.1, 0.15) is 5.75 Å². The highest BCUT2D eigenvalue weighted by molar-refractivity contribution is 7.89. The van der Waals surface area contributed by atoms with Gasteiger partial charge < -0.3 is 10.1 Å². The van der Waals surface area contributed by atoms with Crippen LogP contribution in [0.4, 0.5) is 0 Å². The Labute approximate surface area is 120 Å². The molecule has 1 heterocycles. The maximum Gasteiger partial charge on any atom is 0.243 e. The maximum atomic E-state index is 12.4. The number of likely N-dealkylation sites (N-methyl/N-ethyl adjacent to an activating group) is 1. The Morgan fingerprint density at radius 3 is 2.42 bits per heavy atom. The van der Waals surface area contributed by atoms with Crippen molar-refractivity contribution in [2.45, 2.75) is 17.4 Å². The first-order valence-electron chi connectivity index (χ1n) is 5.88. The molecule has 1 aromatic carbocycles. The summed E-state index contributed by atoms with van der Waals surface area (Å²) < 4.78 is 31.2. The molecule has 0 saturated carbocycles. The van der Waals surface area contributed by atoms with Crippen LogP contribution in [0.1, 0.15) is 6.42 Å². The van der Waals surface area contributed by atoms with Gasteiger partial charge in [-0.1, -0.05) is 0 Å². The van der Waals surface area contributed by atoms with Gasteiger partial charge in [0.25, 0.3) is 0 Å². The van der Waals surface area contributed by atoms with Gasteiger partial charge in [-0.25, -0.2) is 8.42 Å². The molecule has 0 bridgehead atoms. The van der Waals surface area contributed by atoms with Crippen molar-refractivity contribution in [3.8, 4) is 5.75 Å². The van der Waals surface area contributed by atoms with Crippen molar-refractivity contribution in [1.82, 2.24) is 9.62 Å². The summed E-state index contributed by atoms with van der Waals surface area (Å²) in [7, 11) is -0.218. The van der Waals surface area contributed by atoms with Crippen LogP contribution in [0.15, 0.2) is 29.2 Å². The zero-order chi connectivity index (χ0) is 13.2. The van der Waals surface area contributed by atoms with Gasteiger partial charge in [-0.2, -0.15) is 4.31 Å². The number of methoxy groups -OCH3 is 1. The summed E-state index contributed by atoms with van der Waals surface area (Å²) in [6.45, 7) is 1.58. The molecule has 7 heteroatoms. The first-order valence-corrected chi connectivity index (χ1v) is 7.32. The Morgan fingerprint density at radius 1 is 1.32 bits per heavy atom. The van der Waals surface area contributed by atoms with Crippen LogP contribution in [0, 0.1) is 0 Å². The van der Waals surface area contributed by atoms with E-state index in [1.165, 1.54) is 4.31 Å². The van der Waals surface area contributed by atoms with Gasteiger partial charge in [-0.3, -0.25) is 0 Å². The minimum absolute atomic E-state index is 0. The SMILES string of the molecule is COc1ccc(S(=O)(=O)N(C)C2CCNC2)cc1.Cl. The molecular weight excluding hydrogens is 288 g/mol. The van der Waals surface area contributed by atoms with Crippen molar-refractivity contribution < 1.29 is 13.2 Å². The summed E-state index contributed by atoms with van der Waals surface area (Å²) in [4.78, 5) is 0.303. The number of hydrogen-bond acceptors (Lipinski definition) is 4. The molecule has 1 saturated heterocycles. The molecule has 0 aromatic heterocycles. The van der Waals surface area contributed by atoms with Crippen LogP contribution in [0.3, 0.4) is 0 Å². The Balaban J connectivity index is 0.00000180. The van der Waals surface area contributed by atoms with Gasteiger partial charge in [0.05, 0.1) is 12.0 Å². The second kappa shape index (κ2) is 6.56. The van der Waals surface area contributed by atoms with Crippen molar-refractivity contribution in [2.24, 2.45) is 0 Å². The number of nitrogens with one attached hydrogen (secondary N) is 1. The monoisotopic (exact) mass is 306 g/mol.